The van der Waals surface area contributed by atoms with Crippen LogP contribution in [0.25, 0.3) is 0 Å². The topological polar surface area (TPSA) is 66.6 Å². The molecule has 5 nitrogen and oxygen atoms in total. The molecule has 1 aliphatic rings. The van der Waals surface area contributed by atoms with Gasteiger partial charge in [-0.1, -0.05) is 13.8 Å². The van der Waals surface area contributed by atoms with Gasteiger partial charge in [0.2, 0.25) is 5.91 Å². The van der Waals surface area contributed by atoms with Crippen LogP contribution in [0.3, 0.4) is 0 Å². The molecular weight excluding hydrogens is 286 g/mol. The number of amides is 2. The third-order valence-electron chi connectivity index (χ3n) is 3.85. The van der Waals surface area contributed by atoms with Gasteiger partial charge < -0.3 is 15.5 Å². The molecule has 2 heterocycles. The van der Waals surface area contributed by atoms with E-state index in [0.29, 0.717) is 25.6 Å². The summed E-state index contributed by atoms with van der Waals surface area (Å²) in [5.74, 6) is -0.218. The molecule has 2 N–H and O–H groups in total. The van der Waals surface area contributed by atoms with Crippen molar-refractivity contribution in [3.8, 4) is 0 Å². The van der Waals surface area contributed by atoms with Crippen LogP contribution in [-0.4, -0.2) is 54.8 Å². The summed E-state index contributed by atoms with van der Waals surface area (Å²) in [5, 5.41) is 1.91. The molecule has 21 heavy (non-hydrogen) atoms. The van der Waals surface area contributed by atoms with Gasteiger partial charge in [0.1, 0.15) is 0 Å². The fourth-order valence-electron chi connectivity index (χ4n) is 2.49. The van der Waals surface area contributed by atoms with Crippen molar-refractivity contribution in [1.29, 1.82) is 0 Å². The number of rotatable bonds is 3. The number of carbonyl (C=O) groups is 2. The normalized spacial score (nSPS) is 20.6. The van der Waals surface area contributed by atoms with Crippen LogP contribution in [0.1, 0.15) is 35.0 Å². The van der Waals surface area contributed by atoms with E-state index in [-0.39, 0.29) is 17.7 Å². The molecule has 1 saturated heterocycles. The van der Waals surface area contributed by atoms with Crippen molar-refractivity contribution >= 4 is 23.2 Å². The molecule has 0 aromatic carbocycles. The Balaban J connectivity index is 2.14. The molecule has 1 aromatic heterocycles. The molecule has 2 amide bonds. The van der Waals surface area contributed by atoms with E-state index in [1.807, 2.05) is 18.5 Å². The SMILES string of the molecule is CC(C)c1cc(C(=O)N2CCN(C)C[C@H](C(N)=O)C2)cs1. The Kier molecular flexibility index (Phi) is 5.00. The van der Waals surface area contributed by atoms with Gasteiger partial charge in [-0.25, -0.2) is 0 Å². The summed E-state index contributed by atoms with van der Waals surface area (Å²) in [6.45, 7) is 6.64. The Morgan fingerprint density at radius 3 is 2.62 bits per heavy atom. The fourth-order valence-corrected chi connectivity index (χ4v) is 3.39. The molecule has 0 radical (unpaired) electrons. The smallest absolute Gasteiger partial charge is 0.254 e. The molecule has 1 aromatic rings. The van der Waals surface area contributed by atoms with E-state index in [1.54, 1.807) is 16.2 Å². The quantitative estimate of drug-likeness (QED) is 0.917. The lowest BCUT2D eigenvalue weighted by Crippen LogP contribution is -2.40. The number of hydrogen-bond acceptors (Lipinski definition) is 4. The van der Waals surface area contributed by atoms with Crippen molar-refractivity contribution < 1.29 is 9.59 Å². The second-order valence-corrected chi connectivity index (χ2v) is 6.95. The molecule has 0 aliphatic carbocycles. The Labute approximate surface area is 129 Å². The lowest BCUT2D eigenvalue weighted by molar-refractivity contribution is -0.122. The first-order chi connectivity index (χ1) is 9.88. The van der Waals surface area contributed by atoms with Crippen LogP contribution in [-0.2, 0) is 4.79 Å². The molecule has 2 rings (SSSR count). The Morgan fingerprint density at radius 1 is 1.33 bits per heavy atom. The molecule has 0 unspecified atom stereocenters. The van der Waals surface area contributed by atoms with Crippen molar-refractivity contribution in [3.05, 3.63) is 21.9 Å². The third kappa shape index (κ3) is 3.83. The summed E-state index contributed by atoms with van der Waals surface area (Å²) in [5.41, 5.74) is 6.16. The maximum Gasteiger partial charge on any atom is 0.254 e. The predicted molar refractivity (Wildman–Crippen MR) is 84.5 cm³/mol. The van der Waals surface area contributed by atoms with Gasteiger partial charge in [-0.05, 0) is 19.0 Å². The molecule has 0 spiro atoms. The van der Waals surface area contributed by atoms with E-state index in [9.17, 15) is 9.59 Å². The van der Waals surface area contributed by atoms with E-state index in [2.05, 4.69) is 18.7 Å². The number of thiophene rings is 1. The van der Waals surface area contributed by atoms with E-state index in [1.165, 1.54) is 4.88 Å². The van der Waals surface area contributed by atoms with Gasteiger partial charge in [0.05, 0.1) is 11.5 Å². The summed E-state index contributed by atoms with van der Waals surface area (Å²) < 4.78 is 0. The number of hydrogen-bond donors (Lipinski definition) is 1. The Bertz CT molecular complexity index is 527. The summed E-state index contributed by atoms with van der Waals surface area (Å²) in [6.07, 6.45) is 0. The van der Waals surface area contributed by atoms with Crippen molar-refractivity contribution in [1.82, 2.24) is 9.80 Å². The molecule has 1 atom stereocenters. The second kappa shape index (κ2) is 6.58. The van der Waals surface area contributed by atoms with Crippen LogP contribution in [0.15, 0.2) is 11.4 Å². The van der Waals surface area contributed by atoms with E-state index >= 15 is 0 Å². The number of nitrogens with zero attached hydrogens (tertiary/aromatic N) is 2. The third-order valence-corrected chi connectivity index (χ3v) is 5.08. The first-order valence-electron chi connectivity index (χ1n) is 7.24. The van der Waals surface area contributed by atoms with E-state index < -0.39 is 0 Å². The van der Waals surface area contributed by atoms with Gasteiger partial charge in [0.15, 0.2) is 0 Å². The van der Waals surface area contributed by atoms with Crippen LogP contribution < -0.4 is 5.73 Å². The standard InChI is InChI=1S/C15H23N3O2S/c1-10(2)13-6-11(9-21-13)15(20)18-5-4-17(3)7-12(8-18)14(16)19/h6,9-10,12H,4-5,7-8H2,1-3H3,(H2,16,19)/t12-/m0/s1. The van der Waals surface area contributed by atoms with Crippen LogP contribution in [0, 0.1) is 5.92 Å². The molecule has 1 fully saturated rings. The number of nitrogens with two attached hydrogens (primary N) is 1. The van der Waals surface area contributed by atoms with Crippen molar-refractivity contribution in [2.75, 3.05) is 33.2 Å². The highest BCUT2D eigenvalue weighted by atomic mass is 32.1. The van der Waals surface area contributed by atoms with Gasteiger partial charge in [0, 0.05) is 36.4 Å². The highest BCUT2D eigenvalue weighted by Gasteiger charge is 2.28. The molecule has 0 saturated carbocycles. The number of carbonyl (C=O) groups excluding carboxylic acids is 2. The highest BCUT2D eigenvalue weighted by molar-refractivity contribution is 7.10. The average Bonchev–Trinajstić information content (AvgIpc) is 2.82. The molecule has 1 aliphatic heterocycles. The summed E-state index contributed by atoms with van der Waals surface area (Å²) in [7, 11) is 1.95. The predicted octanol–water partition coefficient (Wildman–Crippen LogP) is 1.36. The van der Waals surface area contributed by atoms with Crippen LogP contribution >= 0.6 is 11.3 Å². The largest absolute Gasteiger partial charge is 0.369 e. The van der Waals surface area contributed by atoms with Gasteiger partial charge in [-0.15, -0.1) is 11.3 Å². The zero-order valence-corrected chi connectivity index (χ0v) is 13.7. The van der Waals surface area contributed by atoms with Gasteiger partial charge >= 0.3 is 0 Å². The van der Waals surface area contributed by atoms with Gasteiger partial charge in [-0.2, -0.15) is 0 Å². The first-order valence-corrected chi connectivity index (χ1v) is 8.12. The highest BCUT2D eigenvalue weighted by Crippen LogP contribution is 2.24. The summed E-state index contributed by atoms with van der Waals surface area (Å²) >= 11 is 1.61. The monoisotopic (exact) mass is 309 g/mol. The zero-order valence-electron chi connectivity index (χ0n) is 12.8. The second-order valence-electron chi connectivity index (χ2n) is 6.01. The minimum atomic E-state index is -0.338. The molecular formula is C15H23N3O2S. The molecule has 0 bridgehead atoms. The van der Waals surface area contributed by atoms with E-state index in [0.717, 1.165) is 12.1 Å². The van der Waals surface area contributed by atoms with Gasteiger partial charge in [0.25, 0.3) is 5.91 Å². The van der Waals surface area contributed by atoms with Crippen molar-refractivity contribution in [3.63, 3.8) is 0 Å². The lowest BCUT2D eigenvalue weighted by atomic mass is 10.1. The maximum atomic E-state index is 12.6. The molecule has 116 valence electrons. The summed E-state index contributed by atoms with van der Waals surface area (Å²) in [4.78, 5) is 29.1. The van der Waals surface area contributed by atoms with E-state index in [4.69, 9.17) is 5.73 Å². The maximum absolute atomic E-state index is 12.6. The van der Waals surface area contributed by atoms with Crippen LogP contribution in [0.2, 0.25) is 0 Å². The Hall–Kier alpha value is -1.40. The van der Waals surface area contributed by atoms with Crippen LogP contribution in [0.4, 0.5) is 0 Å². The number of primary amides is 1. The van der Waals surface area contributed by atoms with Crippen molar-refractivity contribution in [2.24, 2.45) is 11.7 Å². The van der Waals surface area contributed by atoms with Gasteiger partial charge in [-0.3, -0.25) is 9.59 Å². The Morgan fingerprint density at radius 2 is 2.05 bits per heavy atom. The zero-order chi connectivity index (χ0) is 15.6. The fraction of sp³-hybridized carbons (Fsp3) is 0.600. The van der Waals surface area contributed by atoms with Crippen molar-refractivity contribution in [2.45, 2.75) is 19.8 Å². The minimum absolute atomic E-state index is 0.000278. The minimum Gasteiger partial charge on any atom is -0.369 e. The number of likely N-dealkylation sites (N-methyl/N-ethyl adjacent to an activating group) is 1. The first kappa shape index (κ1) is 16.0. The van der Waals surface area contributed by atoms with Crippen LogP contribution in [0.5, 0.6) is 0 Å². The average molecular weight is 309 g/mol. The summed E-state index contributed by atoms with van der Waals surface area (Å²) in [6, 6.07) is 1.96. The lowest BCUT2D eigenvalue weighted by Gasteiger charge is -2.22. The molecule has 6 heteroatoms.